The number of rotatable bonds is 2. The maximum atomic E-state index is 12.6. The Morgan fingerprint density at radius 2 is 1.76 bits per heavy atom. The molecule has 25 heavy (non-hydrogen) atoms. The smallest absolute Gasteiger partial charge is 0.254 e. The zero-order valence-corrected chi connectivity index (χ0v) is 14.7. The van der Waals surface area contributed by atoms with Crippen molar-refractivity contribution in [1.82, 2.24) is 15.1 Å². The number of carbonyl (C=O) groups is 2. The van der Waals surface area contributed by atoms with Gasteiger partial charge in [-0.1, -0.05) is 0 Å². The summed E-state index contributed by atoms with van der Waals surface area (Å²) in [6.45, 7) is 3.42. The van der Waals surface area contributed by atoms with Crippen LogP contribution in [0.4, 0.5) is 0 Å². The lowest BCUT2D eigenvalue weighted by molar-refractivity contribution is -0.134. The van der Waals surface area contributed by atoms with Crippen LogP contribution in [0.5, 0.6) is 11.5 Å². The molecule has 3 heterocycles. The number of benzene rings is 1. The molecule has 1 aromatic carbocycles. The second-order valence-electron chi connectivity index (χ2n) is 6.33. The predicted octanol–water partition coefficient (Wildman–Crippen LogP) is 0.873. The van der Waals surface area contributed by atoms with E-state index in [1.807, 2.05) is 4.90 Å². The highest BCUT2D eigenvalue weighted by Gasteiger charge is 2.30. The average molecular weight is 368 g/mol. The van der Waals surface area contributed by atoms with Gasteiger partial charge in [0.15, 0.2) is 11.5 Å². The first kappa shape index (κ1) is 17.8. The van der Waals surface area contributed by atoms with Gasteiger partial charge >= 0.3 is 0 Å². The van der Waals surface area contributed by atoms with E-state index >= 15 is 0 Å². The zero-order chi connectivity index (χ0) is 16.5. The van der Waals surface area contributed by atoms with Crippen LogP contribution in [0.25, 0.3) is 0 Å². The van der Waals surface area contributed by atoms with E-state index in [2.05, 4.69) is 5.32 Å². The van der Waals surface area contributed by atoms with Crippen LogP contribution in [0.3, 0.4) is 0 Å². The Labute approximate surface area is 152 Å². The highest BCUT2D eigenvalue weighted by molar-refractivity contribution is 5.95. The summed E-state index contributed by atoms with van der Waals surface area (Å²) in [6.07, 6.45) is 1.97. The monoisotopic (exact) mass is 367 g/mol. The van der Waals surface area contributed by atoms with Crippen LogP contribution in [0, 0.1) is 0 Å². The van der Waals surface area contributed by atoms with Crippen LogP contribution < -0.4 is 14.8 Å². The van der Waals surface area contributed by atoms with Crippen molar-refractivity contribution in [1.29, 1.82) is 0 Å². The number of carbonyl (C=O) groups excluding carboxylic acids is 2. The fourth-order valence-corrected chi connectivity index (χ4v) is 3.46. The van der Waals surface area contributed by atoms with Crippen molar-refractivity contribution >= 4 is 24.2 Å². The van der Waals surface area contributed by atoms with Gasteiger partial charge in [0.25, 0.3) is 5.91 Å². The number of halogens is 1. The molecule has 136 valence electrons. The Bertz CT molecular complexity index is 655. The lowest BCUT2D eigenvalue weighted by atomic mass is 10.1. The van der Waals surface area contributed by atoms with Gasteiger partial charge in [-0.3, -0.25) is 9.59 Å². The van der Waals surface area contributed by atoms with Crippen LogP contribution in [0.2, 0.25) is 0 Å². The molecular weight excluding hydrogens is 346 g/mol. The second kappa shape index (κ2) is 7.49. The standard InChI is InChI=1S/C17H21N3O4.ClH/c21-16(12-3-4-14-15(10-12)24-11-23-14)19-6-8-20(9-7-19)17(22)13-2-1-5-18-13;/h3-4,10,13,18H,1-2,5-9,11H2;1H. The first-order chi connectivity index (χ1) is 11.7. The van der Waals surface area contributed by atoms with E-state index < -0.39 is 0 Å². The minimum Gasteiger partial charge on any atom is -0.454 e. The Hall–Kier alpha value is -1.99. The Morgan fingerprint density at radius 3 is 2.48 bits per heavy atom. The Kier molecular flexibility index (Phi) is 5.34. The minimum absolute atomic E-state index is 0. The predicted molar refractivity (Wildman–Crippen MR) is 93.3 cm³/mol. The summed E-state index contributed by atoms with van der Waals surface area (Å²) in [5.41, 5.74) is 0.594. The van der Waals surface area contributed by atoms with Crippen LogP contribution in [-0.4, -0.2) is 67.2 Å². The molecule has 0 radical (unpaired) electrons. The second-order valence-corrected chi connectivity index (χ2v) is 6.33. The van der Waals surface area contributed by atoms with Crippen LogP contribution >= 0.6 is 12.4 Å². The number of ether oxygens (including phenoxy) is 2. The molecule has 0 aliphatic carbocycles. The van der Waals surface area contributed by atoms with Crippen molar-refractivity contribution in [2.45, 2.75) is 18.9 Å². The lowest BCUT2D eigenvalue weighted by Gasteiger charge is -2.36. The van der Waals surface area contributed by atoms with Gasteiger partial charge in [-0.2, -0.15) is 0 Å². The number of piperazine rings is 1. The lowest BCUT2D eigenvalue weighted by Crippen LogP contribution is -2.54. The molecule has 0 bridgehead atoms. The topological polar surface area (TPSA) is 71.1 Å². The molecule has 2 saturated heterocycles. The molecule has 1 atom stereocenters. The molecule has 3 aliphatic heterocycles. The first-order valence-electron chi connectivity index (χ1n) is 8.43. The third kappa shape index (κ3) is 3.52. The van der Waals surface area contributed by atoms with E-state index in [0.29, 0.717) is 43.2 Å². The van der Waals surface area contributed by atoms with Gasteiger partial charge in [-0.15, -0.1) is 12.4 Å². The van der Waals surface area contributed by atoms with E-state index in [-0.39, 0.29) is 37.1 Å². The highest BCUT2D eigenvalue weighted by atomic mass is 35.5. The molecule has 4 rings (SSSR count). The maximum absolute atomic E-state index is 12.6. The molecular formula is C17H22ClN3O4. The number of fused-ring (bicyclic) bond motifs is 1. The quantitative estimate of drug-likeness (QED) is 0.840. The summed E-state index contributed by atoms with van der Waals surface area (Å²) < 4.78 is 10.6. The number of nitrogens with one attached hydrogen (secondary N) is 1. The van der Waals surface area contributed by atoms with Gasteiger partial charge in [0, 0.05) is 31.7 Å². The van der Waals surface area contributed by atoms with Crippen molar-refractivity contribution in [3.05, 3.63) is 23.8 Å². The van der Waals surface area contributed by atoms with Gasteiger partial charge in [-0.25, -0.2) is 0 Å². The third-order valence-electron chi connectivity index (χ3n) is 4.86. The molecule has 0 saturated carbocycles. The molecule has 0 spiro atoms. The van der Waals surface area contributed by atoms with Gasteiger partial charge in [0.2, 0.25) is 12.7 Å². The Balaban J connectivity index is 0.00000182. The Morgan fingerprint density at radius 1 is 1.04 bits per heavy atom. The number of hydrogen-bond acceptors (Lipinski definition) is 5. The molecule has 3 aliphatic rings. The summed E-state index contributed by atoms with van der Waals surface area (Å²) in [5.74, 6) is 1.43. The van der Waals surface area contributed by atoms with Crippen molar-refractivity contribution in [3.8, 4) is 11.5 Å². The van der Waals surface area contributed by atoms with Crippen LogP contribution in [0.15, 0.2) is 18.2 Å². The summed E-state index contributed by atoms with van der Waals surface area (Å²) in [7, 11) is 0. The molecule has 1 unspecified atom stereocenters. The van der Waals surface area contributed by atoms with Gasteiger partial charge in [0.05, 0.1) is 6.04 Å². The van der Waals surface area contributed by atoms with Crippen molar-refractivity contribution < 1.29 is 19.1 Å². The molecule has 2 fully saturated rings. The number of nitrogens with zero attached hydrogens (tertiary/aromatic N) is 2. The van der Waals surface area contributed by atoms with Gasteiger partial charge in [0.1, 0.15) is 0 Å². The summed E-state index contributed by atoms with van der Waals surface area (Å²) in [4.78, 5) is 28.7. The van der Waals surface area contributed by atoms with Crippen molar-refractivity contribution in [2.24, 2.45) is 0 Å². The summed E-state index contributed by atoms with van der Waals surface area (Å²) in [5, 5.41) is 3.24. The molecule has 7 nitrogen and oxygen atoms in total. The van der Waals surface area contributed by atoms with E-state index in [1.54, 1.807) is 23.1 Å². The molecule has 0 aromatic heterocycles. The van der Waals surface area contributed by atoms with Crippen molar-refractivity contribution in [2.75, 3.05) is 39.5 Å². The summed E-state index contributed by atoms with van der Waals surface area (Å²) >= 11 is 0. The highest BCUT2D eigenvalue weighted by Crippen LogP contribution is 2.32. The van der Waals surface area contributed by atoms with E-state index in [1.165, 1.54) is 0 Å². The van der Waals surface area contributed by atoms with E-state index in [4.69, 9.17) is 9.47 Å². The average Bonchev–Trinajstić information content (AvgIpc) is 3.31. The third-order valence-corrected chi connectivity index (χ3v) is 4.86. The molecule has 8 heteroatoms. The first-order valence-corrected chi connectivity index (χ1v) is 8.43. The fourth-order valence-electron chi connectivity index (χ4n) is 3.46. The minimum atomic E-state index is -0.0406. The molecule has 2 amide bonds. The maximum Gasteiger partial charge on any atom is 0.254 e. The largest absolute Gasteiger partial charge is 0.454 e. The van der Waals surface area contributed by atoms with Gasteiger partial charge in [-0.05, 0) is 37.6 Å². The SMILES string of the molecule is Cl.O=C(c1ccc2c(c1)OCO2)N1CCN(C(=O)C2CCCN2)CC1. The van der Waals surface area contributed by atoms with Crippen LogP contribution in [-0.2, 0) is 4.79 Å². The zero-order valence-electron chi connectivity index (χ0n) is 13.9. The molecule has 1 N–H and O–H groups in total. The van der Waals surface area contributed by atoms with Gasteiger partial charge < -0.3 is 24.6 Å². The van der Waals surface area contributed by atoms with E-state index in [0.717, 1.165) is 19.4 Å². The summed E-state index contributed by atoms with van der Waals surface area (Å²) in [6, 6.07) is 5.21. The molecule has 1 aromatic rings. The van der Waals surface area contributed by atoms with Crippen LogP contribution in [0.1, 0.15) is 23.2 Å². The fraction of sp³-hybridized carbons (Fsp3) is 0.529. The van der Waals surface area contributed by atoms with E-state index in [9.17, 15) is 9.59 Å². The van der Waals surface area contributed by atoms with Crippen molar-refractivity contribution in [3.63, 3.8) is 0 Å². The normalized spacial score (nSPS) is 21.8. The number of hydrogen-bond donors (Lipinski definition) is 1. The number of amides is 2.